The Bertz CT molecular complexity index is 708. The summed E-state index contributed by atoms with van der Waals surface area (Å²) >= 11 is 0. The molecule has 0 aliphatic heterocycles. The summed E-state index contributed by atoms with van der Waals surface area (Å²) in [5.41, 5.74) is 3.56. The third-order valence-electron chi connectivity index (χ3n) is 2.97. The maximum Gasteiger partial charge on any atom is 0.272 e. The van der Waals surface area contributed by atoms with Crippen molar-refractivity contribution in [3.63, 3.8) is 0 Å². The topological polar surface area (TPSA) is 58.7 Å². The van der Waals surface area contributed by atoms with Gasteiger partial charge in [-0.25, -0.2) is 0 Å². The number of hydrogen-bond donors (Lipinski definition) is 0. The van der Waals surface area contributed by atoms with Gasteiger partial charge in [-0.3, -0.25) is 4.79 Å². The van der Waals surface area contributed by atoms with E-state index in [1.807, 2.05) is 38.1 Å². The van der Waals surface area contributed by atoms with Crippen LogP contribution in [-0.4, -0.2) is 9.78 Å². The fourth-order valence-corrected chi connectivity index (χ4v) is 1.70. The summed E-state index contributed by atoms with van der Waals surface area (Å²) in [4.78, 5) is 11.9. The van der Waals surface area contributed by atoms with Crippen molar-refractivity contribution in [2.75, 3.05) is 0 Å². The summed E-state index contributed by atoms with van der Waals surface area (Å²) < 4.78 is 1.32. The number of rotatable bonds is 1. The van der Waals surface area contributed by atoms with E-state index in [1.165, 1.54) is 10.7 Å². The number of nitriles is 1. The number of aromatic nitrogens is 2. The van der Waals surface area contributed by atoms with Crippen molar-refractivity contribution in [3.05, 3.63) is 57.0 Å². The van der Waals surface area contributed by atoms with Gasteiger partial charge in [0.1, 0.15) is 6.07 Å². The molecule has 2 rings (SSSR count). The van der Waals surface area contributed by atoms with Gasteiger partial charge < -0.3 is 0 Å². The van der Waals surface area contributed by atoms with Crippen LogP contribution < -0.4 is 5.56 Å². The molecule has 90 valence electrons. The highest BCUT2D eigenvalue weighted by Crippen LogP contribution is 2.12. The molecule has 2 aromatic rings. The number of aryl methyl sites for hydroxylation is 3. The maximum absolute atomic E-state index is 11.9. The van der Waals surface area contributed by atoms with Gasteiger partial charge >= 0.3 is 0 Å². The van der Waals surface area contributed by atoms with Crippen molar-refractivity contribution in [1.82, 2.24) is 9.78 Å². The van der Waals surface area contributed by atoms with Crippen LogP contribution in [0, 0.1) is 32.1 Å². The Hall–Kier alpha value is -2.41. The van der Waals surface area contributed by atoms with Gasteiger partial charge in [0, 0.05) is 6.07 Å². The lowest BCUT2D eigenvalue weighted by atomic mass is 10.1. The zero-order valence-corrected chi connectivity index (χ0v) is 10.6. The highest BCUT2D eigenvalue weighted by molar-refractivity contribution is 5.40. The Morgan fingerprint density at radius 3 is 2.50 bits per heavy atom. The molecule has 1 heterocycles. The second-order valence-electron chi connectivity index (χ2n) is 4.27. The van der Waals surface area contributed by atoms with Crippen molar-refractivity contribution in [3.8, 4) is 11.8 Å². The number of benzene rings is 1. The zero-order chi connectivity index (χ0) is 13.3. The van der Waals surface area contributed by atoms with Crippen molar-refractivity contribution in [2.45, 2.75) is 20.8 Å². The maximum atomic E-state index is 11.9. The van der Waals surface area contributed by atoms with Gasteiger partial charge in [-0.05, 0) is 44.0 Å². The molecule has 0 amide bonds. The first-order chi connectivity index (χ1) is 8.52. The van der Waals surface area contributed by atoms with E-state index in [0.29, 0.717) is 11.3 Å². The van der Waals surface area contributed by atoms with Gasteiger partial charge in [0.05, 0.1) is 16.9 Å². The molecule has 0 aliphatic carbocycles. The van der Waals surface area contributed by atoms with Gasteiger partial charge in [0.2, 0.25) is 0 Å². The molecule has 4 nitrogen and oxygen atoms in total. The Labute approximate surface area is 105 Å². The molecule has 1 aromatic heterocycles. The summed E-state index contributed by atoms with van der Waals surface area (Å²) in [5, 5.41) is 13.0. The van der Waals surface area contributed by atoms with E-state index in [9.17, 15) is 4.79 Å². The quantitative estimate of drug-likeness (QED) is 0.765. The molecule has 0 bridgehead atoms. The molecule has 0 saturated carbocycles. The van der Waals surface area contributed by atoms with Gasteiger partial charge in [0.15, 0.2) is 0 Å². The lowest BCUT2D eigenvalue weighted by Crippen LogP contribution is -2.22. The number of nitrogens with zero attached hydrogens (tertiary/aromatic N) is 3. The van der Waals surface area contributed by atoms with Crippen LogP contribution in [0.2, 0.25) is 0 Å². The largest absolute Gasteiger partial charge is 0.272 e. The molecular formula is C14H13N3O. The first-order valence-electron chi connectivity index (χ1n) is 5.61. The molecule has 0 atom stereocenters. The fraction of sp³-hybridized carbons (Fsp3) is 0.214. The van der Waals surface area contributed by atoms with E-state index in [2.05, 4.69) is 5.10 Å². The van der Waals surface area contributed by atoms with Crippen molar-refractivity contribution < 1.29 is 0 Å². The van der Waals surface area contributed by atoms with Crippen LogP contribution in [0.5, 0.6) is 0 Å². The summed E-state index contributed by atoms with van der Waals surface area (Å²) in [6.07, 6.45) is 0. The minimum Gasteiger partial charge on any atom is -0.267 e. The van der Waals surface area contributed by atoms with E-state index in [4.69, 9.17) is 5.26 Å². The smallest absolute Gasteiger partial charge is 0.267 e. The first-order valence-corrected chi connectivity index (χ1v) is 5.61. The molecule has 0 fully saturated rings. The van der Waals surface area contributed by atoms with E-state index in [-0.39, 0.29) is 5.56 Å². The van der Waals surface area contributed by atoms with Crippen LogP contribution in [-0.2, 0) is 0 Å². The normalized spacial score (nSPS) is 10.1. The van der Waals surface area contributed by atoms with E-state index in [0.717, 1.165) is 16.8 Å². The predicted molar refractivity (Wildman–Crippen MR) is 68.8 cm³/mol. The minimum absolute atomic E-state index is 0.291. The van der Waals surface area contributed by atoms with Crippen LogP contribution >= 0.6 is 0 Å². The highest BCUT2D eigenvalue weighted by atomic mass is 16.1. The van der Waals surface area contributed by atoms with E-state index < -0.39 is 0 Å². The molecule has 1 aromatic carbocycles. The number of hydrogen-bond acceptors (Lipinski definition) is 3. The van der Waals surface area contributed by atoms with Gasteiger partial charge in [0.25, 0.3) is 5.56 Å². The third kappa shape index (κ3) is 2.03. The molecule has 0 unspecified atom stereocenters. The average Bonchev–Trinajstić information content (AvgIpc) is 2.35. The summed E-state index contributed by atoms with van der Waals surface area (Å²) in [6, 6.07) is 8.99. The molecule has 0 spiro atoms. The van der Waals surface area contributed by atoms with Crippen LogP contribution in [0.15, 0.2) is 29.1 Å². The summed E-state index contributed by atoms with van der Waals surface area (Å²) in [6.45, 7) is 5.72. The van der Waals surface area contributed by atoms with Crippen LogP contribution in [0.4, 0.5) is 0 Å². The van der Waals surface area contributed by atoms with E-state index in [1.54, 1.807) is 6.92 Å². The molecule has 0 aliphatic rings. The molecule has 0 N–H and O–H groups in total. The Kier molecular flexibility index (Phi) is 2.99. The lowest BCUT2D eigenvalue weighted by Gasteiger charge is -2.08. The third-order valence-corrected chi connectivity index (χ3v) is 2.97. The molecule has 0 saturated heterocycles. The molecule has 0 radical (unpaired) electrons. The van der Waals surface area contributed by atoms with Crippen molar-refractivity contribution >= 4 is 0 Å². The Morgan fingerprint density at radius 2 is 1.89 bits per heavy atom. The summed E-state index contributed by atoms with van der Waals surface area (Å²) in [7, 11) is 0. The van der Waals surface area contributed by atoms with Crippen LogP contribution in [0.3, 0.4) is 0 Å². The van der Waals surface area contributed by atoms with Crippen molar-refractivity contribution in [1.29, 1.82) is 5.26 Å². The summed E-state index contributed by atoms with van der Waals surface area (Å²) in [5.74, 6) is 0. The second-order valence-corrected chi connectivity index (χ2v) is 4.27. The predicted octanol–water partition coefficient (Wildman–Crippen LogP) is 2.03. The van der Waals surface area contributed by atoms with Crippen LogP contribution in [0.1, 0.15) is 22.4 Å². The molecule has 18 heavy (non-hydrogen) atoms. The first kappa shape index (κ1) is 12.1. The standard InChI is InChI=1S/C14H13N3O/c1-9-4-5-13(6-10(9)2)17-14(18)7-12(8-15)11(3)16-17/h4-7H,1-3H3. The lowest BCUT2D eigenvalue weighted by molar-refractivity contribution is 0.781. The minimum atomic E-state index is -0.291. The van der Waals surface area contributed by atoms with Crippen LogP contribution in [0.25, 0.3) is 5.69 Å². The Morgan fingerprint density at radius 1 is 1.17 bits per heavy atom. The highest BCUT2D eigenvalue weighted by Gasteiger charge is 2.07. The van der Waals surface area contributed by atoms with Gasteiger partial charge in [-0.1, -0.05) is 6.07 Å². The molecule has 4 heteroatoms. The second kappa shape index (κ2) is 4.46. The molecular weight excluding hydrogens is 226 g/mol. The average molecular weight is 239 g/mol. The SMILES string of the molecule is Cc1ccc(-n2nc(C)c(C#N)cc2=O)cc1C. The van der Waals surface area contributed by atoms with Crippen molar-refractivity contribution in [2.24, 2.45) is 0 Å². The monoisotopic (exact) mass is 239 g/mol. The Balaban J connectivity index is 2.65. The van der Waals surface area contributed by atoms with E-state index >= 15 is 0 Å². The van der Waals surface area contributed by atoms with Gasteiger partial charge in [-0.15, -0.1) is 0 Å². The zero-order valence-electron chi connectivity index (χ0n) is 10.6. The fourth-order valence-electron chi connectivity index (χ4n) is 1.70. The van der Waals surface area contributed by atoms with Gasteiger partial charge in [-0.2, -0.15) is 15.0 Å².